The molecule has 1 unspecified atom stereocenters. The maximum absolute atomic E-state index is 13.5. The van der Waals surface area contributed by atoms with Crippen LogP contribution < -0.4 is 15.0 Å². The van der Waals surface area contributed by atoms with Crippen LogP contribution in [0.4, 0.5) is 5.69 Å². The molecule has 4 rings (SSSR count). The van der Waals surface area contributed by atoms with Crippen molar-refractivity contribution in [1.29, 1.82) is 0 Å². The van der Waals surface area contributed by atoms with Gasteiger partial charge in [-0.25, -0.2) is 8.42 Å². The smallest absolute Gasteiger partial charge is 0.243 e. The number of rotatable bonds is 5. The minimum absolute atomic E-state index is 0.0799. The number of methoxy groups -OCH3 is 1. The molecule has 1 atom stereocenters. The fraction of sp³-hybridized carbons (Fsp3) is 0.481. The number of ether oxygens (including phenoxy) is 1. The van der Waals surface area contributed by atoms with E-state index in [4.69, 9.17) is 4.74 Å². The number of anilines is 1. The Morgan fingerprint density at radius 1 is 0.946 bits per heavy atom. The van der Waals surface area contributed by atoms with E-state index in [1.807, 2.05) is 29.2 Å². The summed E-state index contributed by atoms with van der Waals surface area (Å²) in [7, 11) is -2.07. The zero-order chi connectivity index (χ0) is 26.3. The van der Waals surface area contributed by atoms with Gasteiger partial charge in [-0.15, -0.1) is 0 Å². The fourth-order valence-corrected chi connectivity index (χ4v) is 6.45. The molecule has 0 spiro atoms. The highest BCUT2D eigenvalue weighted by molar-refractivity contribution is 7.89. The molecule has 2 aliphatic heterocycles. The average molecular weight is 529 g/mol. The lowest BCUT2D eigenvalue weighted by molar-refractivity contribution is -0.136. The van der Waals surface area contributed by atoms with Crippen molar-refractivity contribution < 1.29 is 22.7 Å². The minimum atomic E-state index is -3.72. The molecule has 9 nitrogen and oxygen atoms in total. The van der Waals surface area contributed by atoms with E-state index in [-0.39, 0.29) is 42.1 Å². The molecule has 10 heteroatoms. The summed E-state index contributed by atoms with van der Waals surface area (Å²) in [4.78, 5) is 30.2. The van der Waals surface area contributed by atoms with E-state index in [1.165, 1.54) is 4.31 Å². The predicted octanol–water partition coefficient (Wildman–Crippen LogP) is 2.34. The lowest BCUT2D eigenvalue weighted by Gasteiger charge is -2.37. The Morgan fingerprint density at radius 3 is 2.43 bits per heavy atom. The number of amides is 2. The Labute approximate surface area is 219 Å². The monoisotopic (exact) mass is 528 g/mol. The van der Waals surface area contributed by atoms with Crippen LogP contribution in [0.1, 0.15) is 25.7 Å². The number of nitrogens with zero attached hydrogens (tertiary/aromatic N) is 3. The van der Waals surface area contributed by atoms with Gasteiger partial charge in [0.1, 0.15) is 5.75 Å². The van der Waals surface area contributed by atoms with Gasteiger partial charge in [-0.05, 0) is 43.5 Å². The van der Waals surface area contributed by atoms with E-state index in [0.717, 1.165) is 24.5 Å². The largest absolute Gasteiger partial charge is 0.497 e. The highest BCUT2D eigenvalue weighted by Gasteiger charge is 2.30. The van der Waals surface area contributed by atoms with Crippen LogP contribution >= 0.6 is 0 Å². The van der Waals surface area contributed by atoms with Crippen molar-refractivity contribution in [3.63, 3.8) is 0 Å². The van der Waals surface area contributed by atoms with E-state index in [1.54, 1.807) is 37.4 Å². The first-order valence-electron chi connectivity index (χ1n) is 12.9. The Balaban J connectivity index is 1.39. The van der Waals surface area contributed by atoms with Gasteiger partial charge in [0.15, 0.2) is 0 Å². The van der Waals surface area contributed by atoms with Crippen LogP contribution in [0.15, 0.2) is 59.5 Å². The van der Waals surface area contributed by atoms with E-state index in [9.17, 15) is 18.0 Å². The first-order chi connectivity index (χ1) is 17.9. The number of piperazine rings is 1. The molecule has 0 aliphatic carbocycles. The minimum Gasteiger partial charge on any atom is -0.497 e. The second-order valence-electron chi connectivity index (χ2n) is 9.46. The topological polar surface area (TPSA) is 99.3 Å². The highest BCUT2D eigenvalue weighted by atomic mass is 32.2. The molecule has 2 heterocycles. The molecule has 0 radical (unpaired) electrons. The molecule has 2 fully saturated rings. The SMILES string of the molecule is COc1cccc(N2CCN(C(=O)C3CCCN(S(=O)(=O)c4ccccc4)CCC(=O)NCC3)CC2)c1. The summed E-state index contributed by atoms with van der Waals surface area (Å²) in [6.45, 7) is 3.49. The Morgan fingerprint density at radius 2 is 1.70 bits per heavy atom. The van der Waals surface area contributed by atoms with Gasteiger partial charge in [0.05, 0.1) is 12.0 Å². The second-order valence-corrected chi connectivity index (χ2v) is 11.4. The van der Waals surface area contributed by atoms with Crippen LogP contribution in [0, 0.1) is 5.92 Å². The summed E-state index contributed by atoms with van der Waals surface area (Å²) in [5.41, 5.74) is 1.07. The van der Waals surface area contributed by atoms with Gasteiger partial charge in [-0.1, -0.05) is 24.3 Å². The highest BCUT2D eigenvalue weighted by Crippen LogP contribution is 2.24. The summed E-state index contributed by atoms with van der Waals surface area (Å²) in [5.74, 6) is 0.423. The molecule has 1 N–H and O–H groups in total. The van der Waals surface area contributed by atoms with Gasteiger partial charge in [0.25, 0.3) is 0 Å². The number of hydrogen-bond acceptors (Lipinski definition) is 6. The van der Waals surface area contributed by atoms with E-state index < -0.39 is 10.0 Å². The average Bonchev–Trinajstić information content (AvgIpc) is 2.98. The Bertz CT molecular complexity index is 1170. The standard InChI is InChI=1S/C27H36N4O5S/c1-36-24-9-5-8-23(21-24)29-17-19-30(20-18-29)27(33)22-7-6-15-31(16-13-26(32)28-14-12-22)37(34,35)25-10-3-2-4-11-25/h2-5,8-11,21-22H,6-7,12-20H2,1H3,(H,28,32). The van der Waals surface area contributed by atoms with Gasteiger partial charge in [0, 0.05) is 69.9 Å². The number of sulfonamides is 1. The fourth-order valence-electron chi connectivity index (χ4n) is 4.95. The molecular weight excluding hydrogens is 492 g/mol. The van der Waals surface area contributed by atoms with Gasteiger partial charge in [-0.3, -0.25) is 9.59 Å². The Kier molecular flexibility index (Phi) is 9.04. The molecule has 2 amide bonds. The van der Waals surface area contributed by atoms with Crippen LogP contribution in [-0.2, 0) is 19.6 Å². The van der Waals surface area contributed by atoms with Crippen molar-refractivity contribution in [2.45, 2.75) is 30.6 Å². The van der Waals surface area contributed by atoms with Crippen LogP contribution in [0.5, 0.6) is 5.75 Å². The predicted molar refractivity (Wildman–Crippen MR) is 142 cm³/mol. The number of hydrogen-bond donors (Lipinski definition) is 1. The summed E-state index contributed by atoms with van der Waals surface area (Å²) in [6.07, 6.45) is 1.77. The van der Waals surface area contributed by atoms with Gasteiger partial charge >= 0.3 is 0 Å². The van der Waals surface area contributed by atoms with Gasteiger partial charge < -0.3 is 19.9 Å². The van der Waals surface area contributed by atoms with E-state index in [0.29, 0.717) is 38.9 Å². The first-order valence-corrected chi connectivity index (χ1v) is 14.3. The Hall–Kier alpha value is -3.11. The third-order valence-corrected chi connectivity index (χ3v) is 9.02. The summed E-state index contributed by atoms with van der Waals surface area (Å²) >= 11 is 0. The van der Waals surface area contributed by atoms with Crippen LogP contribution in [0.2, 0.25) is 0 Å². The number of carbonyl (C=O) groups excluding carboxylic acids is 2. The second kappa shape index (κ2) is 12.4. The molecule has 0 saturated carbocycles. The van der Waals surface area contributed by atoms with Gasteiger partial charge in [0.2, 0.25) is 21.8 Å². The van der Waals surface area contributed by atoms with E-state index >= 15 is 0 Å². The molecule has 37 heavy (non-hydrogen) atoms. The van der Waals surface area contributed by atoms with Crippen LogP contribution in [-0.4, -0.2) is 82.4 Å². The third kappa shape index (κ3) is 6.81. The summed E-state index contributed by atoms with van der Waals surface area (Å²) in [6, 6.07) is 16.2. The third-order valence-electron chi connectivity index (χ3n) is 7.10. The van der Waals surface area contributed by atoms with Crippen molar-refractivity contribution in [1.82, 2.24) is 14.5 Å². The zero-order valence-electron chi connectivity index (χ0n) is 21.3. The molecular formula is C27H36N4O5S. The van der Waals surface area contributed by atoms with Crippen molar-refractivity contribution in [2.24, 2.45) is 5.92 Å². The zero-order valence-corrected chi connectivity index (χ0v) is 22.2. The maximum Gasteiger partial charge on any atom is 0.243 e. The summed E-state index contributed by atoms with van der Waals surface area (Å²) in [5, 5.41) is 2.87. The molecule has 0 aromatic heterocycles. The van der Waals surface area contributed by atoms with E-state index in [2.05, 4.69) is 10.2 Å². The maximum atomic E-state index is 13.5. The molecule has 2 aromatic rings. The molecule has 2 aliphatic rings. The normalized spacial score (nSPS) is 20.6. The van der Waals surface area contributed by atoms with Crippen molar-refractivity contribution in [3.8, 4) is 5.75 Å². The number of carbonyl (C=O) groups is 2. The summed E-state index contributed by atoms with van der Waals surface area (Å²) < 4.78 is 33.1. The molecule has 2 saturated heterocycles. The molecule has 2 aromatic carbocycles. The lowest BCUT2D eigenvalue weighted by atomic mass is 9.97. The van der Waals surface area contributed by atoms with Gasteiger partial charge in [-0.2, -0.15) is 4.31 Å². The van der Waals surface area contributed by atoms with Crippen molar-refractivity contribution >= 4 is 27.5 Å². The van der Waals surface area contributed by atoms with Crippen LogP contribution in [0.3, 0.4) is 0 Å². The molecule has 0 bridgehead atoms. The number of nitrogens with one attached hydrogen (secondary N) is 1. The molecule has 200 valence electrons. The van der Waals surface area contributed by atoms with Crippen molar-refractivity contribution in [3.05, 3.63) is 54.6 Å². The van der Waals surface area contributed by atoms with Crippen LogP contribution in [0.25, 0.3) is 0 Å². The lowest BCUT2D eigenvalue weighted by Crippen LogP contribution is -2.50. The quantitative estimate of drug-likeness (QED) is 0.640. The first kappa shape index (κ1) is 26.9. The van der Waals surface area contributed by atoms with Crippen molar-refractivity contribution in [2.75, 3.05) is 57.8 Å². The number of benzene rings is 2.